The molecule has 0 aliphatic heterocycles. The second-order valence-corrected chi connectivity index (χ2v) is 6.29. The van der Waals surface area contributed by atoms with E-state index in [0.29, 0.717) is 6.54 Å². The Balaban J connectivity index is 0.00000140. The van der Waals surface area contributed by atoms with Crippen molar-refractivity contribution in [1.82, 2.24) is 15.0 Å². The van der Waals surface area contributed by atoms with E-state index in [4.69, 9.17) is 4.98 Å². The lowest BCUT2D eigenvalue weighted by atomic mass is 10.1. The number of rotatable bonds is 5. The number of likely N-dealkylation sites (N-methyl/N-ethyl adjacent to an activating group) is 1. The van der Waals surface area contributed by atoms with Crippen LogP contribution in [0.3, 0.4) is 0 Å². The standard InChI is InChI=1S/C21H20N4O.2H2/c1-25(14-19(26)15-6-3-2-4-7-15)20-9-5-8-18(24-20)16-10-12-22-21-17(16)11-13-23-21;;/h2-13,19,26H,14H2,1H3,(H,22,23);2*1H. The minimum absolute atomic E-state index is 0. The zero-order valence-corrected chi connectivity index (χ0v) is 14.5. The molecule has 5 nitrogen and oxygen atoms in total. The first-order chi connectivity index (χ1) is 12.7. The average molecular weight is 348 g/mol. The van der Waals surface area contributed by atoms with Crippen molar-refractivity contribution < 1.29 is 7.96 Å². The molecule has 0 aliphatic carbocycles. The van der Waals surface area contributed by atoms with Crippen LogP contribution in [-0.4, -0.2) is 33.7 Å². The summed E-state index contributed by atoms with van der Waals surface area (Å²) in [5.74, 6) is 0.818. The van der Waals surface area contributed by atoms with Crippen LogP contribution in [-0.2, 0) is 0 Å². The molecule has 0 fully saturated rings. The first-order valence-electron chi connectivity index (χ1n) is 8.56. The SMILES string of the molecule is CN(CC(O)c1ccccc1)c1cccc(-c2ccnc3[nH]ccc23)n1.[HH].[HH]. The maximum Gasteiger partial charge on any atom is 0.137 e. The van der Waals surface area contributed by atoms with Crippen LogP contribution >= 0.6 is 0 Å². The number of nitrogens with zero attached hydrogens (tertiary/aromatic N) is 3. The van der Waals surface area contributed by atoms with E-state index in [2.05, 4.69) is 9.97 Å². The van der Waals surface area contributed by atoms with E-state index in [0.717, 1.165) is 33.7 Å². The summed E-state index contributed by atoms with van der Waals surface area (Å²) < 4.78 is 0. The van der Waals surface area contributed by atoms with Gasteiger partial charge in [-0.05, 0) is 29.8 Å². The van der Waals surface area contributed by atoms with E-state index in [9.17, 15) is 5.11 Å². The summed E-state index contributed by atoms with van der Waals surface area (Å²) in [6, 6.07) is 19.6. The van der Waals surface area contributed by atoms with Gasteiger partial charge in [0.05, 0.1) is 11.8 Å². The third-order valence-electron chi connectivity index (χ3n) is 4.49. The average Bonchev–Trinajstić information content (AvgIpc) is 3.17. The van der Waals surface area contributed by atoms with Gasteiger partial charge in [0.1, 0.15) is 11.5 Å². The highest BCUT2D eigenvalue weighted by Gasteiger charge is 2.13. The number of aliphatic hydroxyl groups excluding tert-OH is 1. The predicted octanol–water partition coefficient (Wildman–Crippen LogP) is 4.29. The van der Waals surface area contributed by atoms with Gasteiger partial charge in [0.2, 0.25) is 0 Å². The maximum atomic E-state index is 10.5. The highest BCUT2D eigenvalue weighted by molar-refractivity contribution is 5.91. The topological polar surface area (TPSA) is 65.0 Å². The van der Waals surface area contributed by atoms with Gasteiger partial charge >= 0.3 is 0 Å². The molecule has 0 saturated heterocycles. The molecule has 2 N–H and O–H groups in total. The number of pyridine rings is 2. The first kappa shape index (κ1) is 16.3. The summed E-state index contributed by atoms with van der Waals surface area (Å²) in [7, 11) is 1.94. The Morgan fingerprint density at radius 1 is 1.08 bits per heavy atom. The largest absolute Gasteiger partial charge is 0.387 e. The number of aromatic amines is 1. The molecule has 0 spiro atoms. The Labute approximate surface area is 154 Å². The summed E-state index contributed by atoms with van der Waals surface area (Å²) in [5.41, 5.74) is 3.67. The summed E-state index contributed by atoms with van der Waals surface area (Å²) >= 11 is 0. The maximum absolute atomic E-state index is 10.5. The van der Waals surface area contributed by atoms with Crippen molar-refractivity contribution in [3.8, 4) is 11.3 Å². The Kier molecular flexibility index (Phi) is 4.37. The van der Waals surface area contributed by atoms with Gasteiger partial charge in [-0.25, -0.2) is 9.97 Å². The van der Waals surface area contributed by atoms with E-state index in [1.807, 2.05) is 78.8 Å². The van der Waals surface area contributed by atoms with Crippen molar-refractivity contribution >= 4 is 16.9 Å². The van der Waals surface area contributed by atoms with Crippen LogP contribution in [0.5, 0.6) is 0 Å². The molecular formula is C21H24N4O. The molecule has 0 saturated carbocycles. The number of hydrogen-bond donors (Lipinski definition) is 2. The summed E-state index contributed by atoms with van der Waals surface area (Å²) in [5, 5.41) is 11.5. The molecule has 0 aliphatic rings. The molecule has 0 radical (unpaired) electrons. The number of nitrogens with one attached hydrogen (secondary N) is 1. The lowest BCUT2D eigenvalue weighted by Crippen LogP contribution is -2.25. The molecule has 3 aromatic heterocycles. The molecule has 134 valence electrons. The Morgan fingerprint density at radius 2 is 1.92 bits per heavy atom. The fourth-order valence-electron chi connectivity index (χ4n) is 3.10. The quantitative estimate of drug-likeness (QED) is 0.565. The molecule has 5 heteroatoms. The second kappa shape index (κ2) is 6.98. The van der Waals surface area contributed by atoms with E-state index >= 15 is 0 Å². The molecule has 4 aromatic rings. The lowest BCUT2D eigenvalue weighted by molar-refractivity contribution is 0.185. The molecule has 3 heterocycles. The van der Waals surface area contributed by atoms with E-state index in [1.165, 1.54) is 0 Å². The van der Waals surface area contributed by atoms with Gasteiger partial charge in [0, 0.05) is 39.8 Å². The van der Waals surface area contributed by atoms with Gasteiger partial charge in [0.25, 0.3) is 0 Å². The van der Waals surface area contributed by atoms with Crippen LogP contribution in [0.25, 0.3) is 22.3 Å². The van der Waals surface area contributed by atoms with E-state index in [1.54, 1.807) is 6.20 Å². The third kappa shape index (κ3) is 3.17. The number of fused-ring (bicyclic) bond motifs is 1. The van der Waals surface area contributed by atoms with Crippen LogP contribution < -0.4 is 4.90 Å². The molecule has 1 unspecified atom stereocenters. The number of aliphatic hydroxyl groups is 1. The van der Waals surface area contributed by atoms with Gasteiger partial charge < -0.3 is 15.0 Å². The Morgan fingerprint density at radius 3 is 2.77 bits per heavy atom. The number of aromatic nitrogens is 3. The number of benzene rings is 1. The Hall–Kier alpha value is -3.18. The van der Waals surface area contributed by atoms with Gasteiger partial charge in [-0.15, -0.1) is 0 Å². The van der Waals surface area contributed by atoms with Crippen LogP contribution in [0.15, 0.2) is 73.1 Å². The normalized spacial score (nSPS) is 12.2. The van der Waals surface area contributed by atoms with E-state index in [-0.39, 0.29) is 2.85 Å². The van der Waals surface area contributed by atoms with Crippen molar-refractivity contribution in [1.29, 1.82) is 0 Å². The predicted molar refractivity (Wildman–Crippen MR) is 108 cm³/mol. The minimum atomic E-state index is -0.566. The fraction of sp³-hybridized carbons (Fsp3) is 0.143. The monoisotopic (exact) mass is 348 g/mol. The van der Waals surface area contributed by atoms with Crippen LogP contribution in [0, 0.1) is 0 Å². The zero-order valence-electron chi connectivity index (χ0n) is 14.5. The van der Waals surface area contributed by atoms with Crippen molar-refractivity contribution in [3.63, 3.8) is 0 Å². The van der Waals surface area contributed by atoms with Crippen molar-refractivity contribution in [2.75, 3.05) is 18.5 Å². The number of hydrogen-bond acceptors (Lipinski definition) is 4. The summed E-state index contributed by atoms with van der Waals surface area (Å²) in [6.45, 7) is 0.469. The van der Waals surface area contributed by atoms with Crippen LogP contribution in [0.2, 0.25) is 0 Å². The fourth-order valence-corrected chi connectivity index (χ4v) is 3.10. The van der Waals surface area contributed by atoms with Gasteiger partial charge in [-0.3, -0.25) is 0 Å². The van der Waals surface area contributed by atoms with Crippen molar-refractivity contribution in [2.45, 2.75) is 6.10 Å². The lowest BCUT2D eigenvalue weighted by Gasteiger charge is -2.22. The molecule has 0 bridgehead atoms. The number of anilines is 1. The van der Waals surface area contributed by atoms with Gasteiger partial charge in [-0.1, -0.05) is 36.4 Å². The van der Waals surface area contributed by atoms with Crippen LogP contribution in [0.1, 0.15) is 14.5 Å². The summed E-state index contributed by atoms with van der Waals surface area (Å²) in [6.07, 6.45) is 3.10. The van der Waals surface area contributed by atoms with Gasteiger partial charge in [-0.2, -0.15) is 0 Å². The highest BCUT2D eigenvalue weighted by atomic mass is 16.3. The molecular weight excluding hydrogens is 324 g/mol. The van der Waals surface area contributed by atoms with Crippen molar-refractivity contribution in [3.05, 3.63) is 78.6 Å². The first-order valence-corrected chi connectivity index (χ1v) is 8.56. The number of H-pyrrole nitrogens is 1. The Bertz CT molecular complexity index is 1020. The zero-order chi connectivity index (χ0) is 17.9. The molecule has 1 atom stereocenters. The second-order valence-electron chi connectivity index (χ2n) is 6.29. The van der Waals surface area contributed by atoms with E-state index < -0.39 is 6.10 Å². The molecule has 26 heavy (non-hydrogen) atoms. The molecule has 4 rings (SSSR count). The summed E-state index contributed by atoms with van der Waals surface area (Å²) in [4.78, 5) is 14.2. The molecule has 1 aromatic carbocycles. The third-order valence-corrected chi connectivity index (χ3v) is 4.49. The molecule has 0 amide bonds. The minimum Gasteiger partial charge on any atom is -0.387 e. The van der Waals surface area contributed by atoms with Crippen molar-refractivity contribution in [2.24, 2.45) is 0 Å². The van der Waals surface area contributed by atoms with Crippen LogP contribution in [0.4, 0.5) is 5.82 Å². The van der Waals surface area contributed by atoms with Gasteiger partial charge in [0.15, 0.2) is 0 Å². The smallest absolute Gasteiger partial charge is 0.137 e. The highest BCUT2D eigenvalue weighted by Crippen LogP contribution is 2.27.